The number of unbranched alkanes of at least 4 members (excludes halogenated alkanes) is 47. The lowest BCUT2D eigenvalue weighted by Crippen LogP contribution is -2.60. The molecule has 1 heterocycles. The molecule has 7 unspecified atom stereocenters. The van der Waals surface area contributed by atoms with Gasteiger partial charge in [-0.05, 0) is 32.1 Å². The van der Waals surface area contributed by atoms with Crippen molar-refractivity contribution in [1.29, 1.82) is 0 Å². The van der Waals surface area contributed by atoms with Crippen LogP contribution in [0.4, 0.5) is 0 Å². The van der Waals surface area contributed by atoms with E-state index in [-0.39, 0.29) is 18.5 Å². The van der Waals surface area contributed by atoms with Crippen molar-refractivity contribution >= 4 is 11.9 Å². The molecule has 1 aliphatic rings. The van der Waals surface area contributed by atoms with Gasteiger partial charge in [-0.15, -0.1) is 0 Å². The average molecular weight is 1120 g/mol. The Labute approximate surface area is 487 Å². The highest BCUT2D eigenvalue weighted by molar-refractivity contribution is 5.76. The number of amides is 1. The molecule has 79 heavy (non-hydrogen) atoms. The molecular formula is C68H131NO10. The summed E-state index contributed by atoms with van der Waals surface area (Å²) in [6, 6.07) is -0.806. The van der Waals surface area contributed by atoms with Gasteiger partial charge in [0.15, 0.2) is 6.29 Å². The zero-order chi connectivity index (χ0) is 57.3. The number of aliphatic hydroxyl groups is 5. The molecule has 0 aromatic rings. The van der Waals surface area contributed by atoms with Crippen LogP contribution in [-0.2, 0) is 23.8 Å². The molecule has 1 fully saturated rings. The van der Waals surface area contributed by atoms with Gasteiger partial charge in [-0.2, -0.15) is 0 Å². The quantitative estimate of drug-likeness (QED) is 0.0195. The first kappa shape index (κ1) is 75.4. The van der Waals surface area contributed by atoms with Crippen LogP contribution in [0.2, 0.25) is 0 Å². The van der Waals surface area contributed by atoms with Crippen LogP contribution < -0.4 is 5.32 Å². The zero-order valence-corrected chi connectivity index (χ0v) is 51.9. The molecule has 468 valence electrons. The van der Waals surface area contributed by atoms with Gasteiger partial charge in [0.05, 0.1) is 32.0 Å². The van der Waals surface area contributed by atoms with Gasteiger partial charge in [0.1, 0.15) is 24.4 Å². The van der Waals surface area contributed by atoms with Gasteiger partial charge in [-0.25, -0.2) is 0 Å². The highest BCUT2D eigenvalue weighted by Gasteiger charge is 2.44. The fourth-order valence-corrected chi connectivity index (χ4v) is 11.2. The van der Waals surface area contributed by atoms with Crippen LogP contribution in [0.1, 0.15) is 348 Å². The predicted molar refractivity (Wildman–Crippen MR) is 329 cm³/mol. The molecule has 0 aliphatic carbocycles. The maximum Gasteiger partial charge on any atom is 0.305 e. The number of aliphatic hydroxyl groups excluding tert-OH is 5. The lowest BCUT2D eigenvalue weighted by molar-refractivity contribution is -0.302. The molecule has 1 amide bonds. The van der Waals surface area contributed by atoms with E-state index >= 15 is 0 Å². The Kier molecular flexibility index (Phi) is 55.5. The van der Waals surface area contributed by atoms with Crippen LogP contribution in [-0.4, -0.2) is 100 Å². The summed E-state index contributed by atoms with van der Waals surface area (Å²) in [7, 11) is 0. The van der Waals surface area contributed by atoms with Crippen molar-refractivity contribution in [2.24, 2.45) is 0 Å². The second-order valence-corrected chi connectivity index (χ2v) is 24.2. The number of allylic oxidation sites excluding steroid dienone is 1. The molecule has 11 nitrogen and oxygen atoms in total. The molecule has 0 aromatic heterocycles. The zero-order valence-electron chi connectivity index (χ0n) is 51.9. The summed E-state index contributed by atoms with van der Waals surface area (Å²) in [4.78, 5) is 25.1. The molecule has 1 saturated heterocycles. The van der Waals surface area contributed by atoms with Crippen LogP contribution in [0.3, 0.4) is 0 Å². The molecule has 6 N–H and O–H groups in total. The number of carbonyl (C=O) groups excluding carboxylic acids is 2. The number of nitrogens with one attached hydrogen (secondary N) is 1. The Hall–Kier alpha value is -1.60. The van der Waals surface area contributed by atoms with E-state index in [1.807, 2.05) is 6.08 Å². The molecule has 0 bridgehead atoms. The summed E-state index contributed by atoms with van der Waals surface area (Å²) in [5, 5.41) is 54.4. The van der Waals surface area contributed by atoms with Crippen molar-refractivity contribution < 1.29 is 49.3 Å². The highest BCUT2D eigenvalue weighted by Crippen LogP contribution is 2.23. The Morgan fingerprint density at radius 2 is 0.797 bits per heavy atom. The lowest BCUT2D eigenvalue weighted by Gasteiger charge is -2.40. The first-order valence-corrected chi connectivity index (χ1v) is 34.5. The van der Waals surface area contributed by atoms with E-state index in [1.54, 1.807) is 6.08 Å². The average Bonchev–Trinajstić information content (AvgIpc) is 3.48. The minimum atomic E-state index is -1.57. The summed E-state index contributed by atoms with van der Waals surface area (Å²) < 4.78 is 16.7. The van der Waals surface area contributed by atoms with Gasteiger partial charge in [-0.1, -0.05) is 315 Å². The van der Waals surface area contributed by atoms with E-state index in [0.717, 1.165) is 51.4 Å². The monoisotopic (exact) mass is 1120 g/mol. The summed E-state index contributed by atoms with van der Waals surface area (Å²) in [5.74, 6) is -0.167. The summed E-state index contributed by atoms with van der Waals surface area (Å²) in [6.07, 6.45) is 60.5. The van der Waals surface area contributed by atoms with Gasteiger partial charge < -0.3 is 45.1 Å². The van der Waals surface area contributed by atoms with E-state index in [1.165, 1.54) is 270 Å². The van der Waals surface area contributed by atoms with Crippen molar-refractivity contribution in [3.8, 4) is 0 Å². The first-order chi connectivity index (χ1) is 38.7. The number of esters is 1. The minimum Gasteiger partial charge on any atom is -0.466 e. The third-order valence-electron chi connectivity index (χ3n) is 16.7. The first-order valence-electron chi connectivity index (χ1n) is 34.5. The Morgan fingerprint density at radius 1 is 0.456 bits per heavy atom. The van der Waals surface area contributed by atoms with Crippen LogP contribution in [0, 0.1) is 0 Å². The second kappa shape index (κ2) is 58.2. The van der Waals surface area contributed by atoms with Gasteiger partial charge in [0.25, 0.3) is 0 Å². The number of hydrogen-bond donors (Lipinski definition) is 6. The molecule has 0 radical (unpaired) electrons. The third-order valence-corrected chi connectivity index (χ3v) is 16.7. The van der Waals surface area contributed by atoms with E-state index in [2.05, 4.69) is 19.2 Å². The second-order valence-electron chi connectivity index (χ2n) is 24.2. The normalized spacial score (nSPS) is 18.4. The fraction of sp³-hybridized carbons (Fsp3) is 0.941. The maximum atomic E-state index is 13.1. The Morgan fingerprint density at radius 3 is 1.18 bits per heavy atom. The van der Waals surface area contributed by atoms with E-state index < -0.39 is 49.5 Å². The van der Waals surface area contributed by atoms with E-state index in [9.17, 15) is 35.1 Å². The smallest absolute Gasteiger partial charge is 0.305 e. The highest BCUT2D eigenvalue weighted by atomic mass is 16.7. The standard InChI is InChI=1S/C68H131NO10/c1-3-5-7-9-11-13-15-35-38-42-46-50-54-61(71)60(59-78-68-67(76)66(75)65(74)62(58-70)79-68)69-63(72)55-51-47-43-39-36-32-30-28-26-24-22-20-18-16-17-19-21-23-25-27-29-31-33-37-41-45-49-53-57-77-64(73)56-52-48-44-40-34-14-12-10-8-6-4-2/h50,54,60-62,65-68,70-71,74-76H,3-49,51-53,55-59H2,1-2H3,(H,69,72)/b54-50+. The van der Waals surface area contributed by atoms with Gasteiger partial charge in [0.2, 0.25) is 5.91 Å². The molecule has 7 atom stereocenters. The number of rotatable bonds is 61. The minimum absolute atomic E-state index is 0.0101. The van der Waals surface area contributed by atoms with Gasteiger partial charge in [0, 0.05) is 12.8 Å². The Balaban J connectivity index is 1.96. The summed E-state index contributed by atoms with van der Waals surface area (Å²) in [6.45, 7) is 4.37. The van der Waals surface area contributed by atoms with Crippen LogP contribution in [0.25, 0.3) is 0 Å². The topological polar surface area (TPSA) is 175 Å². The molecule has 1 aliphatic heterocycles. The Bertz CT molecular complexity index is 1320. The van der Waals surface area contributed by atoms with Crippen molar-refractivity contribution in [3.05, 3.63) is 12.2 Å². The number of hydrogen-bond acceptors (Lipinski definition) is 10. The van der Waals surface area contributed by atoms with Crippen molar-refractivity contribution in [2.75, 3.05) is 19.8 Å². The fourth-order valence-electron chi connectivity index (χ4n) is 11.2. The number of ether oxygens (including phenoxy) is 3. The SMILES string of the molecule is CCCCCCCCCCCC/C=C/C(O)C(COC1OC(CO)C(O)C(O)C1O)NC(=O)CCCCCCCCCCCCCCCCCCCCCCCCCCCCCCOC(=O)CCCCCCCCCCCCC. The molecule has 11 heteroatoms. The molecule has 0 aromatic carbocycles. The molecular weight excluding hydrogens is 991 g/mol. The summed E-state index contributed by atoms with van der Waals surface area (Å²) in [5.41, 5.74) is 0. The van der Waals surface area contributed by atoms with E-state index in [4.69, 9.17) is 14.2 Å². The van der Waals surface area contributed by atoms with Gasteiger partial charge >= 0.3 is 5.97 Å². The third kappa shape index (κ3) is 47.5. The summed E-state index contributed by atoms with van der Waals surface area (Å²) >= 11 is 0. The number of carbonyl (C=O) groups is 2. The van der Waals surface area contributed by atoms with Crippen LogP contribution >= 0.6 is 0 Å². The predicted octanol–water partition coefficient (Wildman–Crippen LogP) is 17.1. The molecule has 1 rings (SSSR count). The van der Waals surface area contributed by atoms with E-state index in [0.29, 0.717) is 19.4 Å². The van der Waals surface area contributed by atoms with Crippen molar-refractivity contribution in [3.63, 3.8) is 0 Å². The lowest BCUT2D eigenvalue weighted by atomic mass is 9.99. The van der Waals surface area contributed by atoms with Crippen LogP contribution in [0.15, 0.2) is 12.2 Å². The maximum absolute atomic E-state index is 13.1. The van der Waals surface area contributed by atoms with Crippen LogP contribution in [0.5, 0.6) is 0 Å². The molecule has 0 saturated carbocycles. The molecule has 0 spiro atoms. The largest absolute Gasteiger partial charge is 0.466 e. The van der Waals surface area contributed by atoms with Gasteiger partial charge in [-0.3, -0.25) is 9.59 Å². The van der Waals surface area contributed by atoms with Crippen molar-refractivity contribution in [1.82, 2.24) is 5.32 Å². The van der Waals surface area contributed by atoms with Crippen molar-refractivity contribution in [2.45, 2.75) is 391 Å².